The standard InChI is InChI=1S/CHI3.Hg.O/c2-1(3)4;;/h1H;;. The third kappa shape index (κ3) is 28.4. The summed E-state index contributed by atoms with van der Waals surface area (Å²) in [6.07, 6.45) is 0. The van der Waals surface area contributed by atoms with E-state index < -0.39 is 0 Å². The van der Waals surface area contributed by atoms with Crippen LogP contribution < -0.4 is 0 Å². The van der Waals surface area contributed by atoms with Crippen molar-refractivity contribution in [3.05, 3.63) is 0 Å². The van der Waals surface area contributed by atoms with Crippen LogP contribution in [0.4, 0.5) is 0 Å². The second-order valence-electron chi connectivity index (χ2n) is 0.247. The summed E-state index contributed by atoms with van der Waals surface area (Å²) in [5.41, 5.74) is 0. The van der Waals surface area contributed by atoms with Gasteiger partial charge in [-0.2, -0.15) is 0 Å². The van der Waals surface area contributed by atoms with Gasteiger partial charge in [0.2, 0.25) is 0 Å². The van der Waals surface area contributed by atoms with Crippen LogP contribution in [0.1, 0.15) is 0 Å². The predicted molar refractivity (Wildman–Crippen MR) is 46.5 cm³/mol. The van der Waals surface area contributed by atoms with Crippen LogP contribution in [0.3, 0.4) is 0 Å². The Morgan fingerprint density at radius 1 is 1.17 bits per heavy atom. The first-order valence-corrected chi connectivity index (χ1v) is 6.92. The molecule has 1 nitrogen and oxygen atoms in total. The Bertz CT molecular complexity index is 22.0. The predicted octanol–water partition coefficient (Wildman–Crippen LogP) is 2.45. The van der Waals surface area contributed by atoms with Crippen LogP contribution in [0, 0.1) is 0 Å². The normalized spacial score (nSPS) is 7.00. The molecule has 0 aliphatic rings. The molecule has 0 heterocycles. The molecule has 6 heavy (non-hydrogen) atoms. The molecule has 0 N–H and O–H groups in total. The molecule has 34 valence electrons. The van der Waals surface area contributed by atoms with E-state index in [0.717, 1.165) is -0.0619 Å². The van der Waals surface area contributed by atoms with Crippen molar-refractivity contribution in [2.45, 2.75) is -0.0619 Å². The van der Waals surface area contributed by atoms with E-state index in [9.17, 15) is 0 Å². The Balaban J connectivity index is 0. The van der Waals surface area contributed by atoms with E-state index in [-0.39, 0.29) is 26.1 Å². The summed E-state index contributed by atoms with van der Waals surface area (Å²) in [5, 5.41) is 0. The van der Waals surface area contributed by atoms with Crippen molar-refractivity contribution < 1.29 is 28.8 Å². The Labute approximate surface area is 94.3 Å². The third-order valence-corrected chi connectivity index (χ3v) is 0. The van der Waals surface area contributed by atoms with Crippen LogP contribution in [0.15, 0.2) is 0 Å². The summed E-state index contributed by atoms with van der Waals surface area (Å²) in [6.45, 7) is 0. The second kappa shape index (κ2) is 10.8. The van der Waals surface area contributed by atoms with E-state index in [1.165, 1.54) is 0 Å². The van der Waals surface area contributed by atoms with Gasteiger partial charge in [-0.05, 0) is 0 Å². The van der Waals surface area contributed by atoms with Crippen molar-refractivity contribution >= 4 is 67.8 Å². The molecule has 0 aromatic rings. The van der Waals surface area contributed by atoms with Gasteiger partial charge in [0.25, 0.3) is 0 Å². The first-order valence-electron chi connectivity index (χ1n) is 0.943. The molecule has 0 rings (SSSR count). The van der Waals surface area contributed by atoms with E-state index in [4.69, 9.17) is 2.64 Å². The van der Waals surface area contributed by atoms with E-state index in [2.05, 4.69) is 67.8 Å². The molecular formula is CHHgI3O. The van der Waals surface area contributed by atoms with Gasteiger partial charge in [-0.1, -0.05) is 67.8 Å². The molecule has 0 saturated heterocycles. The molecule has 0 radical (unpaired) electrons. The van der Waals surface area contributed by atoms with Crippen LogP contribution in [0.2, 0.25) is 0 Å². The molecule has 0 aliphatic heterocycles. The van der Waals surface area contributed by atoms with E-state index in [1.807, 2.05) is 0 Å². The summed E-state index contributed by atoms with van der Waals surface area (Å²) >= 11 is 6.73. The molecule has 0 unspecified atom stereocenters. The molecule has 0 aromatic heterocycles. The SMILES string of the molecule is IC(I)I.[O]=[Hg]. The monoisotopic (exact) mass is 612 g/mol. The molecule has 0 aliphatic carbocycles. The van der Waals surface area contributed by atoms with Crippen LogP contribution in [-0.2, 0) is 28.8 Å². The summed E-state index contributed by atoms with van der Waals surface area (Å²) in [5.74, 6) is 0. The fraction of sp³-hybridized carbons (Fsp3) is 1.00. The molecule has 0 bridgehead atoms. The first-order chi connectivity index (χ1) is 2.73. The number of hydrogen-bond acceptors (Lipinski definition) is 1. The van der Waals surface area contributed by atoms with Gasteiger partial charge >= 0.3 is 28.8 Å². The molecule has 0 spiro atoms. The zero-order valence-electron chi connectivity index (χ0n) is 2.83. The zero-order chi connectivity index (χ0) is 5.58. The molecule has 0 aromatic carbocycles. The Kier molecular flexibility index (Phi) is 21.1. The van der Waals surface area contributed by atoms with Crippen molar-refractivity contribution in [3.8, 4) is 0 Å². The Morgan fingerprint density at radius 3 is 1.17 bits per heavy atom. The number of alkyl halides is 3. The van der Waals surface area contributed by atoms with Crippen LogP contribution in [0.5, 0.6) is 0 Å². The van der Waals surface area contributed by atoms with Gasteiger partial charge in [0.05, 0.1) is 0 Å². The Hall–Kier alpha value is 2.93. The van der Waals surface area contributed by atoms with Crippen molar-refractivity contribution in [3.63, 3.8) is 0 Å². The van der Waals surface area contributed by atoms with Gasteiger partial charge in [-0.25, -0.2) is 0 Å². The van der Waals surface area contributed by atoms with Gasteiger partial charge in [-0.15, -0.1) is 0 Å². The zero-order valence-corrected chi connectivity index (χ0v) is 14.8. The fourth-order valence-corrected chi connectivity index (χ4v) is 0. The molecule has 0 atom stereocenters. The van der Waals surface area contributed by atoms with Gasteiger partial charge < -0.3 is 0 Å². The molecule has 5 heteroatoms. The number of halogens is 3. The molecule has 0 saturated carbocycles. The summed E-state index contributed by atoms with van der Waals surface area (Å²) in [7, 11) is 0. The quantitative estimate of drug-likeness (QED) is 0.234. The number of rotatable bonds is 0. The maximum absolute atomic E-state index is 8.44. The van der Waals surface area contributed by atoms with Crippen molar-refractivity contribution in [1.29, 1.82) is 0 Å². The average Bonchev–Trinajstić information content (AvgIpc) is 1.41. The van der Waals surface area contributed by atoms with Crippen LogP contribution >= 0.6 is 67.8 Å². The van der Waals surface area contributed by atoms with E-state index in [0.29, 0.717) is 0 Å². The minimum atomic E-state index is -0.222. The first kappa shape index (κ1) is 11.7. The Morgan fingerprint density at radius 2 is 1.17 bits per heavy atom. The van der Waals surface area contributed by atoms with Gasteiger partial charge in [0.1, 0.15) is -0.0619 Å². The maximum atomic E-state index is 8.44. The molecule has 0 amide bonds. The topological polar surface area (TPSA) is 17.1 Å². The number of hydrogen-bond donors (Lipinski definition) is 0. The van der Waals surface area contributed by atoms with E-state index in [1.54, 1.807) is 0 Å². The second-order valence-corrected chi connectivity index (χ2v) is 11.1. The van der Waals surface area contributed by atoms with Crippen LogP contribution in [-0.4, -0.2) is -0.0619 Å². The summed E-state index contributed by atoms with van der Waals surface area (Å²) in [4.78, 5) is 0. The minimum absolute atomic E-state index is 0.222. The summed E-state index contributed by atoms with van der Waals surface area (Å²) < 4.78 is 9.19. The average molecular weight is 610 g/mol. The fourth-order valence-electron chi connectivity index (χ4n) is 0. The summed E-state index contributed by atoms with van der Waals surface area (Å²) in [6, 6.07) is 0. The van der Waals surface area contributed by atoms with E-state index >= 15 is 0 Å². The third-order valence-electron chi connectivity index (χ3n) is 0. The van der Waals surface area contributed by atoms with Gasteiger partial charge in [0.15, 0.2) is 0 Å². The van der Waals surface area contributed by atoms with Crippen molar-refractivity contribution in [2.75, 3.05) is 0 Å². The van der Waals surface area contributed by atoms with Crippen LogP contribution in [0.25, 0.3) is 0 Å². The molecule has 0 fully saturated rings. The van der Waals surface area contributed by atoms with Crippen molar-refractivity contribution in [1.82, 2.24) is 0 Å². The van der Waals surface area contributed by atoms with Crippen molar-refractivity contribution in [2.24, 2.45) is 0 Å². The van der Waals surface area contributed by atoms with Gasteiger partial charge in [0, 0.05) is 0 Å². The molecular weight excluding hydrogens is 609 g/mol. The van der Waals surface area contributed by atoms with Gasteiger partial charge in [-0.3, -0.25) is 0 Å².